The van der Waals surface area contributed by atoms with Crippen molar-refractivity contribution >= 4 is 5.69 Å². The van der Waals surface area contributed by atoms with Crippen LogP contribution in [0, 0.1) is 11.3 Å². The second-order valence-corrected chi connectivity index (χ2v) is 3.97. The molecule has 0 fully saturated rings. The summed E-state index contributed by atoms with van der Waals surface area (Å²) < 4.78 is 1.99. The van der Waals surface area contributed by atoms with Gasteiger partial charge in [-0.05, 0) is 18.1 Å². The molecule has 0 atom stereocenters. The van der Waals surface area contributed by atoms with Gasteiger partial charge in [-0.1, -0.05) is 37.3 Å². The summed E-state index contributed by atoms with van der Waals surface area (Å²) in [5, 5.41) is 9.10. The largest absolute Gasteiger partial charge is 0.397 e. The van der Waals surface area contributed by atoms with Gasteiger partial charge in [-0.15, -0.1) is 0 Å². The molecule has 0 aliphatic rings. The van der Waals surface area contributed by atoms with Crippen LogP contribution in [0.2, 0.25) is 0 Å². The van der Waals surface area contributed by atoms with Crippen molar-refractivity contribution in [2.24, 2.45) is 0 Å². The van der Waals surface area contributed by atoms with Gasteiger partial charge in [0.15, 0.2) is 0 Å². The topological polar surface area (TPSA) is 54.7 Å². The zero-order chi connectivity index (χ0) is 12.3. The van der Waals surface area contributed by atoms with Gasteiger partial charge in [0.2, 0.25) is 0 Å². The van der Waals surface area contributed by atoms with Crippen LogP contribution in [-0.2, 0) is 13.0 Å². The van der Waals surface area contributed by atoms with E-state index in [0.717, 1.165) is 12.1 Å². The average molecular weight is 225 g/mol. The molecule has 0 spiro atoms. The Bertz CT molecular complexity index is 547. The first kappa shape index (κ1) is 11.3. The Balaban J connectivity index is 2.42. The summed E-state index contributed by atoms with van der Waals surface area (Å²) in [7, 11) is 0. The van der Waals surface area contributed by atoms with Crippen LogP contribution in [0.4, 0.5) is 5.69 Å². The van der Waals surface area contributed by atoms with Crippen molar-refractivity contribution in [2.75, 3.05) is 5.73 Å². The highest BCUT2D eigenvalue weighted by Crippen LogP contribution is 2.20. The summed E-state index contributed by atoms with van der Waals surface area (Å²) in [6.07, 6.45) is 0.834. The Kier molecular flexibility index (Phi) is 3.15. The molecular formula is C14H15N3. The SMILES string of the molecule is CCc1c(N)cc(C#N)n1Cc1ccccc1. The summed E-state index contributed by atoms with van der Waals surface area (Å²) >= 11 is 0. The molecule has 17 heavy (non-hydrogen) atoms. The third-order valence-electron chi connectivity index (χ3n) is 2.88. The van der Waals surface area contributed by atoms with Crippen LogP contribution in [0.25, 0.3) is 0 Å². The van der Waals surface area contributed by atoms with Gasteiger partial charge >= 0.3 is 0 Å². The van der Waals surface area contributed by atoms with Gasteiger partial charge in [-0.2, -0.15) is 5.26 Å². The Hall–Kier alpha value is -2.21. The lowest BCUT2D eigenvalue weighted by Gasteiger charge is -2.09. The van der Waals surface area contributed by atoms with Crippen molar-refractivity contribution in [2.45, 2.75) is 19.9 Å². The molecule has 2 N–H and O–H groups in total. The van der Waals surface area contributed by atoms with Crippen molar-refractivity contribution in [3.63, 3.8) is 0 Å². The van der Waals surface area contributed by atoms with Gasteiger partial charge in [0.25, 0.3) is 0 Å². The zero-order valence-electron chi connectivity index (χ0n) is 9.85. The van der Waals surface area contributed by atoms with Crippen molar-refractivity contribution in [3.8, 4) is 6.07 Å². The van der Waals surface area contributed by atoms with Crippen LogP contribution < -0.4 is 5.73 Å². The van der Waals surface area contributed by atoms with Crippen molar-refractivity contribution in [1.82, 2.24) is 4.57 Å². The highest BCUT2D eigenvalue weighted by atomic mass is 15.0. The quantitative estimate of drug-likeness (QED) is 0.872. The molecule has 1 aromatic heterocycles. The molecule has 0 aliphatic heterocycles. The lowest BCUT2D eigenvalue weighted by molar-refractivity contribution is 0.742. The number of nitrogens with zero attached hydrogens (tertiary/aromatic N) is 2. The van der Waals surface area contributed by atoms with Gasteiger partial charge in [0.1, 0.15) is 11.8 Å². The van der Waals surface area contributed by atoms with E-state index in [1.807, 2.05) is 29.7 Å². The highest BCUT2D eigenvalue weighted by Gasteiger charge is 2.11. The predicted molar refractivity (Wildman–Crippen MR) is 68.5 cm³/mol. The molecule has 0 unspecified atom stereocenters. The summed E-state index contributed by atoms with van der Waals surface area (Å²) in [5.41, 5.74) is 9.45. The second-order valence-electron chi connectivity index (χ2n) is 3.97. The number of nitrogens with two attached hydrogens (primary N) is 1. The molecule has 0 saturated carbocycles. The lowest BCUT2D eigenvalue weighted by Crippen LogP contribution is -2.06. The van der Waals surface area contributed by atoms with Gasteiger partial charge in [-0.3, -0.25) is 0 Å². The maximum absolute atomic E-state index is 9.10. The zero-order valence-corrected chi connectivity index (χ0v) is 9.85. The monoisotopic (exact) mass is 225 g/mol. The molecule has 0 aliphatic carbocycles. The smallest absolute Gasteiger partial charge is 0.122 e. The number of aromatic nitrogens is 1. The van der Waals surface area contributed by atoms with E-state index >= 15 is 0 Å². The Morgan fingerprint density at radius 1 is 1.29 bits per heavy atom. The first-order chi connectivity index (χ1) is 8.26. The van der Waals surface area contributed by atoms with Crippen LogP contribution in [0.5, 0.6) is 0 Å². The Morgan fingerprint density at radius 2 is 2.00 bits per heavy atom. The fourth-order valence-electron chi connectivity index (χ4n) is 2.04. The van der Waals surface area contributed by atoms with E-state index in [-0.39, 0.29) is 0 Å². The van der Waals surface area contributed by atoms with Crippen LogP contribution in [0.1, 0.15) is 23.9 Å². The number of hydrogen-bond acceptors (Lipinski definition) is 2. The maximum Gasteiger partial charge on any atom is 0.122 e. The van der Waals surface area contributed by atoms with E-state index < -0.39 is 0 Å². The third kappa shape index (κ3) is 2.16. The van der Waals surface area contributed by atoms with Crippen molar-refractivity contribution in [3.05, 3.63) is 53.3 Å². The Morgan fingerprint density at radius 3 is 2.59 bits per heavy atom. The van der Waals surface area contributed by atoms with Gasteiger partial charge in [0.05, 0.1) is 5.69 Å². The molecule has 2 aromatic rings. The molecular weight excluding hydrogens is 210 g/mol. The first-order valence-corrected chi connectivity index (χ1v) is 5.68. The summed E-state index contributed by atoms with van der Waals surface area (Å²) in [6, 6.07) is 14.0. The van der Waals surface area contributed by atoms with E-state index in [0.29, 0.717) is 17.9 Å². The molecule has 3 nitrogen and oxygen atoms in total. The Labute approximate surface area is 101 Å². The molecule has 3 heteroatoms. The standard InChI is InChI=1S/C14H15N3/c1-2-14-13(16)8-12(9-15)17(14)10-11-6-4-3-5-7-11/h3-8H,2,10,16H2,1H3. The summed E-state index contributed by atoms with van der Waals surface area (Å²) in [5.74, 6) is 0. The summed E-state index contributed by atoms with van der Waals surface area (Å²) in [4.78, 5) is 0. The second kappa shape index (κ2) is 4.75. The van der Waals surface area contributed by atoms with Crippen LogP contribution >= 0.6 is 0 Å². The molecule has 0 amide bonds. The van der Waals surface area contributed by atoms with Gasteiger partial charge in [-0.25, -0.2) is 0 Å². The van der Waals surface area contributed by atoms with Gasteiger partial charge < -0.3 is 10.3 Å². The fraction of sp³-hybridized carbons (Fsp3) is 0.214. The number of anilines is 1. The van der Waals surface area contributed by atoms with Crippen LogP contribution in [0.3, 0.4) is 0 Å². The van der Waals surface area contributed by atoms with Crippen LogP contribution in [-0.4, -0.2) is 4.57 Å². The number of hydrogen-bond donors (Lipinski definition) is 1. The first-order valence-electron chi connectivity index (χ1n) is 5.68. The minimum absolute atomic E-state index is 0.628. The van der Waals surface area contributed by atoms with E-state index in [9.17, 15) is 0 Å². The number of nitrogen functional groups attached to an aromatic ring is 1. The van der Waals surface area contributed by atoms with Crippen LogP contribution in [0.15, 0.2) is 36.4 Å². The normalized spacial score (nSPS) is 10.1. The molecule has 2 rings (SSSR count). The van der Waals surface area contributed by atoms with Crippen molar-refractivity contribution in [1.29, 1.82) is 5.26 Å². The number of rotatable bonds is 3. The van der Waals surface area contributed by atoms with E-state index in [2.05, 4.69) is 18.2 Å². The number of benzene rings is 1. The number of nitriles is 1. The van der Waals surface area contributed by atoms with Crippen molar-refractivity contribution < 1.29 is 0 Å². The summed E-state index contributed by atoms with van der Waals surface area (Å²) in [6.45, 7) is 2.75. The van der Waals surface area contributed by atoms with E-state index in [1.54, 1.807) is 6.07 Å². The fourth-order valence-corrected chi connectivity index (χ4v) is 2.04. The maximum atomic E-state index is 9.10. The molecule has 0 radical (unpaired) electrons. The molecule has 1 heterocycles. The minimum atomic E-state index is 0.628. The molecule has 1 aromatic carbocycles. The third-order valence-corrected chi connectivity index (χ3v) is 2.88. The van der Waals surface area contributed by atoms with E-state index in [1.165, 1.54) is 5.56 Å². The van der Waals surface area contributed by atoms with E-state index in [4.69, 9.17) is 11.0 Å². The predicted octanol–water partition coefficient (Wildman–Crippen LogP) is 2.55. The highest BCUT2D eigenvalue weighted by molar-refractivity contribution is 5.51. The molecule has 86 valence electrons. The molecule has 0 saturated heterocycles. The average Bonchev–Trinajstić information content (AvgIpc) is 2.66. The van der Waals surface area contributed by atoms with Gasteiger partial charge in [0, 0.05) is 12.2 Å². The lowest BCUT2D eigenvalue weighted by atomic mass is 10.2. The minimum Gasteiger partial charge on any atom is -0.397 e. The molecule has 0 bridgehead atoms.